The van der Waals surface area contributed by atoms with Crippen LogP contribution in [0.25, 0.3) is 0 Å². The molecule has 5 nitrogen and oxygen atoms in total. The van der Waals surface area contributed by atoms with Gasteiger partial charge in [-0.25, -0.2) is 4.39 Å². The van der Waals surface area contributed by atoms with Crippen LogP contribution in [-0.2, 0) is 21.5 Å². The summed E-state index contributed by atoms with van der Waals surface area (Å²) in [6, 6.07) is 12.1. The summed E-state index contributed by atoms with van der Waals surface area (Å²) in [7, 11) is 1.61. The maximum absolute atomic E-state index is 13.8. The van der Waals surface area contributed by atoms with Crippen molar-refractivity contribution < 1.29 is 23.4 Å². The summed E-state index contributed by atoms with van der Waals surface area (Å²) in [6.45, 7) is 1.67. The molecule has 0 aromatic heterocycles. The highest BCUT2D eigenvalue weighted by molar-refractivity contribution is 5.88. The van der Waals surface area contributed by atoms with Gasteiger partial charge in [0.15, 0.2) is 11.5 Å². The van der Waals surface area contributed by atoms with E-state index < -0.39 is 5.41 Å². The monoisotopic (exact) mass is 427 g/mol. The molecule has 1 amide bonds. The molecule has 0 bridgehead atoms. The molecule has 2 aromatic rings. The zero-order valence-corrected chi connectivity index (χ0v) is 18.0. The van der Waals surface area contributed by atoms with Crippen molar-refractivity contribution in [1.29, 1.82) is 0 Å². The van der Waals surface area contributed by atoms with Gasteiger partial charge >= 0.3 is 0 Å². The minimum Gasteiger partial charge on any atom is -0.493 e. The van der Waals surface area contributed by atoms with Gasteiger partial charge in [-0.05, 0) is 61.1 Å². The number of methoxy groups -OCH3 is 1. The molecule has 4 rings (SSSR count). The fraction of sp³-hybridized carbons (Fsp3) is 0.480. The molecule has 1 heterocycles. The van der Waals surface area contributed by atoms with Gasteiger partial charge < -0.3 is 19.5 Å². The van der Waals surface area contributed by atoms with Gasteiger partial charge in [-0.3, -0.25) is 4.79 Å². The van der Waals surface area contributed by atoms with Crippen molar-refractivity contribution in [3.05, 3.63) is 59.4 Å². The second-order valence-corrected chi connectivity index (χ2v) is 8.41. The van der Waals surface area contributed by atoms with E-state index in [1.807, 2.05) is 24.3 Å². The Morgan fingerprint density at radius 2 is 2.00 bits per heavy atom. The SMILES string of the molecule is COc1cc(CNC(=O)C2(c3cccc(F)c3)CCCC2)ccc1OCC1CCCO1. The third-order valence-electron chi connectivity index (χ3n) is 6.40. The molecule has 1 aliphatic heterocycles. The van der Waals surface area contributed by atoms with Gasteiger partial charge in [-0.2, -0.15) is 0 Å². The second-order valence-electron chi connectivity index (χ2n) is 8.41. The lowest BCUT2D eigenvalue weighted by Crippen LogP contribution is -2.42. The molecule has 1 N–H and O–H groups in total. The van der Waals surface area contributed by atoms with Gasteiger partial charge in [0.25, 0.3) is 0 Å². The van der Waals surface area contributed by atoms with Crippen LogP contribution in [0.3, 0.4) is 0 Å². The van der Waals surface area contributed by atoms with Crippen LogP contribution in [0.1, 0.15) is 49.7 Å². The lowest BCUT2D eigenvalue weighted by molar-refractivity contribution is -0.126. The average molecular weight is 428 g/mol. The Balaban J connectivity index is 1.42. The van der Waals surface area contributed by atoms with E-state index >= 15 is 0 Å². The summed E-state index contributed by atoms with van der Waals surface area (Å²) in [5, 5.41) is 3.07. The van der Waals surface area contributed by atoms with E-state index in [9.17, 15) is 9.18 Å². The Labute approximate surface area is 182 Å². The fourth-order valence-corrected chi connectivity index (χ4v) is 4.66. The number of hydrogen-bond acceptors (Lipinski definition) is 4. The second kappa shape index (κ2) is 9.69. The molecule has 166 valence electrons. The Kier molecular flexibility index (Phi) is 6.76. The molecular weight excluding hydrogens is 397 g/mol. The Hall–Kier alpha value is -2.60. The van der Waals surface area contributed by atoms with E-state index in [0.29, 0.717) is 24.7 Å². The third kappa shape index (κ3) is 4.85. The number of hydrogen-bond donors (Lipinski definition) is 1. The molecule has 2 aliphatic rings. The highest BCUT2D eigenvalue weighted by atomic mass is 19.1. The minimum atomic E-state index is -0.656. The van der Waals surface area contributed by atoms with Gasteiger partial charge in [0.2, 0.25) is 5.91 Å². The first kappa shape index (κ1) is 21.6. The number of carbonyl (C=O) groups is 1. The van der Waals surface area contributed by atoms with Crippen LogP contribution in [-0.4, -0.2) is 32.3 Å². The van der Waals surface area contributed by atoms with Gasteiger partial charge in [0.05, 0.1) is 18.6 Å². The van der Waals surface area contributed by atoms with Crippen LogP contribution in [0.5, 0.6) is 11.5 Å². The van der Waals surface area contributed by atoms with E-state index in [1.165, 1.54) is 12.1 Å². The molecule has 1 unspecified atom stereocenters. The molecule has 2 fully saturated rings. The molecule has 31 heavy (non-hydrogen) atoms. The topological polar surface area (TPSA) is 56.8 Å². The third-order valence-corrected chi connectivity index (χ3v) is 6.40. The van der Waals surface area contributed by atoms with Crippen LogP contribution in [0.4, 0.5) is 4.39 Å². The normalized spacial score (nSPS) is 19.9. The van der Waals surface area contributed by atoms with Crippen LogP contribution in [0, 0.1) is 5.82 Å². The fourth-order valence-electron chi connectivity index (χ4n) is 4.66. The standard InChI is InChI=1S/C25H30FNO4/c1-29-23-14-18(9-10-22(23)31-17-21-8-5-13-30-21)16-27-24(28)25(11-2-3-12-25)19-6-4-7-20(26)15-19/h4,6-7,9-10,14-15,21H,2-3,5,8,11-13,16-17H2,1H3,(H,27,28). The predicted octanol–water partition coefficient (Wildman–Crippen LogP) is 4.52. The molecule has 0 spiro atoms. The van der Waals surface area contributed by atoms with Crippen molar-refractivity contribution in [2.24, 2.45) is 0 Å². The molecule has 6 heteroatoms. The van der Waals surface area contributed by atoms with Gasteiger partial charge in [0.1, 0.15) is 12.4 Å². The molecule has 2 aromatic carbocycles. The summed E-state index contributed by atoms with van der Waals surface area (Å²) in [5.74, 6) is 0.943. The highest BCUT2D eigenvalue weighted by Gasteiger charge is 2.42. The van der Waals surface area contributed by atoms with Crippen LogP contribution in [0.15, 0.2) is 42.5 Å². The minimum absolute atomic E-state index is 0.0479. The Bertz CT molecular complexity index is 904. The molecule has 1 saturated carbocycles. The van der Waals surface area contributed by atoms with E-state index in [0.717, 1.165) is 56.3 Å². The summed E-state index contributed by atoms with van der Waals surface area (Å²) >= 11 is 0. The first-order valence-corrected chi connectivity index (χ1v) is 11.1. The molecular formula is C25H30FNO4. The van der Waals surface area contributed by atoms with E-state index in [-0.39, 0.29) is 17.8 Å². The number of benzene rings is 2. The quantitative estimate of drug-likeness (QED) is 0.673. The number of amides is 1. The lowest BCUT2D eigenvalue weighted by atomic mass is 9.78. The molecule has 1 aliphatic carbocycles. The van der Waals surface area contributed by atoms with Crippen LogP contribution >= 0.6 is 0 Å². The number of ether oxygens (including phenoxy) is 3. The predicted molar refractivity (Wildman–Crippen MR) is 116 cm³/mol. The van der Waals surface area contributed by atoms with Crippen LogP contribution in [0.2, 0.25) is 0 Å². The largest absolute Gasteiger partial charge is 0.493 e. The summed E-state index contributed by atoms with van der Waals surface area (Å²) in [6.07, 6.45) is 5.63. The van der Waals surface area contributed by atoms with E-state index in [4.69, 9.17) is 14.2 Å². The smallest absolute Gasteiger partial charge is 0.230 e. The maximum atomic E-state index is 13.8. The van der Waals surface area contributed by atoms with Crippen molar-refractivity contribution in [2.75, 3.05) is 20.3 Å². The van der Waals surface area contributed by atoms with Gasteiger partial charge in [0, 0.05) is 13.2 Å². The van der Waals surface area contributed by atoms with Crippen molar-refractivity contribution in [3.8, 4) is 11.5 Å². The summed E-state index contributed by atoms with van der Waals surface area (Å²) < 4.78 is 30.8. The molecule has 1 atom stereocenters. The summed E-state index contributed by atoms with van der Waals surface area (Å²) in [5.41, 5.74) is 1.02. The van der Waals surface area contributed by atoms with Crippen molar-refractivity contribution in [3.63, 3.8) is 0 Å². The van der Waals surface area contributed by atoms with Crippen molar-refractivity contribution >= 4 is 5.91 Å². The maximum Gasteiger partial charge on any atom is 0.230 e. The van der Waals surface area contributed by atoms with Crippen molar-refractivity contribution in [1.82, 2.24) is 5.32 Å². The Morgan fingerprint density at radius 3 is 2.71 bits per heavy atom. The summed E-state index contributed by atoms with van der Waals surface area (Å²) in [4.78, 5) is 13.2. The van der Waals surface area contributed by atoms with E-state index in [1.54, 1.807) is 13.2 Å². The highest BCUT2D eigenvalue weighted by Crippen LogP contribution is 2.41. The molecule has 1 saturated heterocycles. The van der Waals surface area contributed by atoms with Crippen molar-refractivity contribution in [2.45, 2.75) is 56.6 Å². The first-order chi connectivity index (χ1) is 15.1. The average Bonchev–Trinajstić information content (AvgIpc) is 3.49. The van der Waals surface area contributed by atoms with E-state index in [2.05, 4.69) is 5.32 Å². The first-order valence-electron chi connectivity index (χ1n) is 11.1. The molecule has 0 radical (unpaired) electrons. The van der Waals surface area contributed by atoms with Gasteiger partial charge in [-0.15, -0.1) is 0 Å². The zero-order valence-electron chi connectivity index (χ0n) is 18.0. The van der Waals surface area contributed by atoms with Gasteiger partial charge in [-0.1, -0.05) is 31.0 Å². The van der Waals surface area contributed by atoms with Crippen LogP contribution < -0.4 is 14.8 Å². The number of halogens is 1. The number of carbonyl (C=O) groups excluding carboxylic acids is 1. The number of nitrogens with one attached hydrogen (secondary N) is 1. The lowest BCUT2D eigenvalue weighted by Gasteiger charge is -2.28. The number of rotatable bonds is 8. The zero-order chi connectivity index (χ0) is 21.7. The Morgan fingerprint density at radius 1 is 1.16 bits per heavy atom.